The molecular formula is C14H16N2O2. The molecule has 0 aliphatic heterocycles. The van der Waals surface area contributed by atoms with Crippen molar-refractivity contribution in [3.63, 3.8) is 0 Å². The minimum atomic E-state index is -0.369. The number of rotatable bonds is 5. The monoisotopic (exact) mass is 244 g/mol. The predicted molar refractivity (Wildman–Crippen MR) is 69.0 cm³/mol. The second kappa shape index (κ2) is 6.14. The van der Waals surface area contributed by atoms with Crippen LogP contribution in [0.3, 0.4) is 0 Å². The number of aromatic nitrogens is 1. The second-order valence-corrected chi connectivity index (χ2v) is 4.01. The van der Waals surface area contributed by atoms with Crippen LogP contribution in [0.25, 0.3) is 0 Å². The molecule has 1 aromatic carbocycles. The number of ether oxygens (including phenoxy) is 1. The zero-order chi connectivity index (χ0) is 12.8. The van der Waals surface area contributed by atoms with E-state index in [1.54, 1.807) is 12.4 Å². The summed E-state index contributed by atoms with van der Waals surface area (Å²) in [4.78, 5) is 4.02. The Hall–Kier alpha value is -1.91. The molecule has 0 aliphatic rings. The molecule has 1 aromatic heterocycles. The van der Waals surface area contributed by atoms with Crippen LogP contribution >= 0.6 is 0 Å². The minimum Gasteiger partial charge on any atom is -0.489 e. The summed E-state index contributed by atoms with van der Waals surface area (Å²) in [6.45, 7) is 0.387. The number of aliphatic hydroxyl groups is 1. The molecule has 0 fully saturated rings. The highest BCUT2D eigenvalue weighted by Gasteiger charge is 2.05. The normalized spacial score (nSPS) is 12.1. The van der Waals surface area contributed by atoms with Gasteiger partial charge in [-0.2, -0.15) is 0 Å². The van der Waals surface area contributed by atoms with Crippen LogP contribution in [0.4, 0.5) is 0 Å². The lowest BCUT2D eigenvalue weighted by Crippen LogP contribution is -2.14. The number of benzene rings is 1. The van der Waals surface area contributed by atoms with Crippen LogP contribution in [0.1, 0.15) is 17.2 Å². The zero-order valence-corrected chi connectivity index (χ0v) is 9.99. The highest BCUT2D eigenvalue weighted by Crippen LogP contribution is 2.18. The number of pyridine rings is 1. The average Bonchev–Trinajstić information content (AvgIpc) is 2.45. The molecule has 0 saturated carbocycles. The van der Waals surface area contributed by atoms with E-state index in [2.05, 4.69) is 4.98 Å². The van der Waals surface area contributed by atoms with Crippen LogP contribution in [0.15, 0.2) is 48.8 Å². The lowest BCUT2D eigenvalue weighted by Gasteiger charge is -2.11. The number of nitrogens with zero attached hydrogens (tertiary/aromatic N) is 1. The van der Waals surface area contributed by atoms with E-state index < -0.39 is 0 Å². The topological polar surface area (TPSA) is 68.4 Å². The SMILES string of the molecule is N[C@H](CO)c1cccc(OCc2cccnc2)c1. The Morgan fingerprint density at radius 2 is 2.17 bits per heavy atom. The highest BCUT2D eigenvalue weighted by molar-refractivity contribution is 5.30. The summed E-state index contributed by atoms with van der Waals surface area (Å²) in [6.07, 6.45) is 3.49. The van der Waals surface area contributed by atoms with E-state index in [4.69, 9.17) is 15.6 Å². The third-order valence-corrected chi connectivity index (χ3v) is 2.61. The molecule has 0 amide bonds. The Labute approximate surface area is 106 Å². The number of hydrogen-bond acceptors (Lipinski definition) is 4. The molecule has 0 bridgehead atoms. The van der Waals surface area contributed by atoms with Gasteiger partial charge in [0.05, 0.1) is 12.6 Å². The average molecular weight is 244 g/mol. The first kappa shape index (κ1) is 12.5. The summed E-state index contributed by atoms with van der Waals surface area (Å²) in [5.74, 6) is 0.736. The second-order valence-electron chi connectivity index (χ2n) is 4.01. The summed E-state index contributed by atoms with van der Waals surface area (Å²) >= 11 is 0. The molecule has 1 heterocycles. The molecule has 4 nitrogen and oxygen atoms in total. The van der Waals surface area contributed by atoms with Crippen molar-refractivity contribution in [2.24, 2.45) is 5.73 Å². The third-order valence-electron chi connectivity index (χ3n) is 2.61. The van der Waals surface area contributed by atoms with Gasteiger partial charge in [0.25, 0.3) is 0 Å². The molecule has 0 saturated heterocycles. The highest BCUT2D eigenvalue weighted by atomic mass is 16.5. The summed E-state index contributed by atoms with van der Waals surface area (Å²) in [5, 5.41) is 9.01. The summed E-state index contributed by atoms with van der Waals surface area (Å²) in [5.41, 5.74) is 7.63. The maximum Gasteiger partial charge on any atom is 0.120 e. The van der Waals surface area contributed by atoms with Gasteiger partial charge in [0.2, 0.25) is 0 Å². The van der Waals surface area contributed by atoms with E-state index in [0.717, 1.165) is 16.9 Å². The van der Waals surface area contributed by atoms with E-state index in [1.165, 1.54) is 0 Å². The number of aliphatic hydroxyl groups excluding tert-OH is 1. The van der Waals surface area contributed by atoms with Crippen molar-refractivity contribution in [3.8, 4) is 5.75 Å². The zero-order valence-electron chi connectivity index (χ0n) is 9.99. The van der Waals surface area contributed by atoms with Crippen molar-refractivity contribution in [1.29, 1.82) is 0 Å². The van der Waals surface area contributed by atoms with E-state index in [9.17, 15) is 0 Å². The standard InChI is InChI=1S/C14H16N2O2/c15-14(9-17)12-4-1-5-13(7-12)18-10-11-3-2-6-16-8-11/h1-8,14,17H,9-10,15H2/t14-/m1/s1. The summed E-state index contributed by atoms with van der Waals surface area (Å²) in [6, 6.07) is 10.9. The number of hydrogen-bond donors (Lipinski definition) is 2. The molecule has 1 atom stereocenters. The molecular weight excluding hydrogens is 228 g/mol. The molecule has 4 heteroatoms. The van der Waals surface area contributed by atoms with Crippen LogP contribution < -0.4 is 10.5 Å². The lowest BCUT2D eigenvalue weighted by atomic mass is 10.1. The smallest absolute Gasteiger partial charge is 0.120 e. The molecule has 2 aromatic rings. The fourth-order valence-corrected chi connectivity index (χ4v) is 1.59. The quantitative estimate of drug-likeness (QED) is 0.839. The maximum atomic E-state index is 9.01. The van der Waals surface area contributed by atoms with Gasteiger partial charge in [-0.15, -0.1) is 0 Å². The van der Waals surface area contributed by atoms with Crippen molar-refractivity contribution < 1.29 is 9.84 Å². The van der Waals surface area contributed by atoms with E-state index >= 15 is 0 Å². The van der Waals surface area contributed by atoms with Crippen molar-refractivity contribution in [2.45, 2.75) is 12.6 Å². The Morgan fingerprint density at radius 1 is 1.28 bits per heavy atom. The molecule has 0 unspecified atom stereocenters. The van der Waals surface area contributed by atoms with E-state index in [-0.39, 0.29) is 12.6 Å². The van der Waals surface area contributed by atoms with Crippen molar-refractivity contribution in [2.75, 3.05) is 6.61 Å². The molecule has 94 valence electrons. The third kappa shape index (κ3) is 3.29. The molecule has 0 radical (unpaired) electrons. The Bertz CT molecular complexity index is 488. The van der Waals surface area contributed by atoms with Crippen molar-refractivity contribution >= 4 is 0 Å². The van der Waals surface area contributed by atoms with Gasteiger partial charge < -0.3 is 15.6 Å². The van der Waals surface area contributed by atoms with Gasteiger partial charge in [-0.05, 0) is 23.8 Å². The fourth-order valence-electron chi connectivity index (χ4n) is 1.59. The maximum absolute atomic E-state index is 9.01. The molecule has 0 spiro atoms. The van der Waals surface area contributed by atoms with E-state index in [1.807, 2.05) is 36.4 Å². The van der Waals surface area contributed by atoms with Gasteiger partial charge in [-0.3, -0.25) is 4.98 Å². The largest absolute Gasteiger partial charge is 0.489 e. The van der Waals surface area contributed by atoms with Gasteiger partial charge >= 0.3 is 0 Å². The molecule has 18 heavy (non-hydrogen) atoms. The lowest BCUT2D eigenvalue weighted by molar-refractivity contribution is 0.267. The van der Waals surface area contributed by atoms with Gasteiger partial charge in [-0.1, -0.05) is 18.2 Å². The molecule has 2 rings (SSSR count). The predicted octanol–water partition coefficient (Wildman–Crippen LogP) is 1.65. The van der Waals surface area contributed by atoms with Crippen molar-refractivity contribution in [1.82, 2.24) is 4.98 Å². The first-order valence-electron chi connectivity index (χ1n) is 5.77. The van der Waals surface area contributed by atoms with Crippen LogP contribution in [0.2, 0.25) is 0 Å². The Balaban J connectivity index is 2.01. The van der Waals surface area contributed by atoms with Crippen LogP contribution in [-0.2, 0) is 6.61 Å². The summed E-state index contributed by atoms with van der Waals surface area (Å²) in [7, 11) is 0. The first-order chi connectivity index (χ1) is 8.79. The van der Waals surface area contributed by atoms with Crippen LogP contribution in [0.5, 0.6) is 5.75 Å². The minimum absolute atomic E-state index is 0.0773. The van der Waals surface area contributed by atoms with E-state index in [0.29, 0.717) is 6.61 Å². The van der Waals surface area contributed by atoms with Crippen LogP contribution in [-0.4, -0.2) is 16.7 Å². The van der Waals surface area contributed by atoms with Crippen molar-refractivity contribution in [3.05, 3.63) is 59.9 Å². The molecule has 3 N–H and O–H groups in total. The first-order valence-corrected chi connectivity index (χ1v) is 5.77. The van der Waals surface area contributed by atoms with Gasteiger partial charge in [0.1, 0.15) is 12.4 Å². The summed E-state index contributed by atoms with van der Waals surface area (Å²) < 4.78 is 5.65. The Kier molecular flexibility index (Phi) is 4.28. The Morgan fingerprint density at radius 3 is 2.89 bits per heavy atom. The van der Waals surface area contributed by atoms with Gasteiger partial charge in [0.15, 0.2) is 0 Å². The van der Waals surface area contributed by atoms with Gasteiger partial charge in [-0.25, -0.2) is 0 Å². The fraction of sp³-hybridized carbons (Fsp3) is 0.214. The number of nitrogens with two attached hydrogens (primary N) is 1. The van der Waals surface area contributed by atoms with Gasteiger partial charge in [0, 0.05) is 18.0 Å². The van der Waals surface area contributed by atoms with Crippen LogP contribution in [0, 0.1) is 0 Å². The molecule has 0 aliphatic carbocycles.